The number of aromatic nitrogens is 2. The Morgan fingerprint density at radius 2 is 2.41 bits per heavy atom. The van der Waals surface area contributed by atoms with E-state index in [2.05, 4.69) is 25.9 Å². The summed E-state index contributed by atoms with van der Waals surface area (Å²) >= 11 is 3.18. The lowest BCUT2D eigenvalue weighted by Gasteiger charge is -2.08. The van der Waals surface area contributed by atoms with Gasteiger partial charge in [0.15, 0.2) is 5.82 Å². The minimum absolute atomic E-state index is 0.0611. The summed E-state index contributed by atoms with van der Waals surface area (Å²) < 4.78 is 10.3. The van der Waals surface area contributed by atoms with Crippen molar-refractivity contribution in [1.29, 1.82) is 5.26 Å². The molecule has 0 saturated heterocycles. The van der Waals surface area contributed by atoms with E-state index in [9.17, 15) is 4.79 Å². The average molecular weight is 300 g/mol. The Morgan fingerprint density at radius 1 is 1.71 bits per heavy atom. The molecule has 0 aliphatic heterocycles. The highest BCUT2D eigenvalue weighted by molar-refractivity contribution is 9.10. The Morgan fingerprint density at radius 3 is 2.94 bits per heavy atom. The molecule has 0 spiro atoms. The fourth-order valence-electron chi connectivity index (χ4n) is 1.09. The summed E-state index contributed by atoms with van der Waals surface area (Å²) in [6.45, 7) is 1.86. The minimum Gasteiger partial charge on any atom is -0.480 e. The lowest BCUT2D eigenvalue weighted by Crippen LogP contribution is -2.17. The standard InChI is InChI=1S/C10H10BrN3O3/c1-3-17-10(15)6(4-12)8-13-5-7(11)9(14-8)16-2/h5-6H,3H2,1-2H3. The quantitative estimate of drug-likeness (QED) is 0.782. The number of carbonyl (C=O) groups is 1. The summed E-state index contributed by atoms with van der Waals surface area (Å²) in [6, 6.07) is 1.80. The molecular formula is C10H10BrN3O3. The molecule has 1 atom stereocenters. The Kier molecular flexibility index (Phi) is 4.84. The van der Waals surface area contributed by atoms with E-state index in [1.165, 1.54) is 13.3 Å². The predicted molar refractivity (Wildman–Crippen MR) is 61.3 cm³/mol. The summed E-state index contributed by atoms with van der Waals surface area (Å²) in [6.07, 6.45) is 1.42. The van der Waals surface area contributed by atoms with Gasteiger partial charge in [0, 0.05) is 6.20 Å². The van der Waals surface area contributed by atoms with E-state index in [1.54, 1.807) is 13.0 Å². The Labute approximate surface area is 107 Å². The van der Waals surface area contributed by atoms with Crippen LogP contribution in [-0.2, 0) is 9.53 Å². The van der Waals surface area contributed by atoms with Gasteiger partial charge in [-0.1, -0.05) is 0 Å². The van der Waals surface area contributed by atoms with Gasteiger partial charge in [-0.15, -0.1) is 0 Å². The fourth-order valence-corrected chi connectivity index (χ4v) is 1.44. The first-order valence-corrected chi connectivity index (χ1v) is 5.56. The molecule has 7 heteroatoms. The number of carbonyl (C=O) groups excluding carboxylic acids is 1. The summed E-state index contributed by atoms with van der Waals surface area (Å²) in [4.78, 5) is 19.3. The third-order valence-corrected chi connectivity index (χ3v) is 2.38. The molecule has 0 aromatic carbocycles. The Hall–Kier alpha value is -1.68. The summed E-state index contributed by atoms with van der Waals surface area (Å²) in [5.74, 6) is -1.48. The van der Waals surface area contributed by atoms with E-state index >= 15 is 0 Å². The number of ether oxygens (including phenoxy) is 2. The molecule has 1 aromatic heterocycles. The molecule has 0 aliphatic rings. The molecule has 1 unspecified atom stereocenters. The van der Waals surface area contributed by atoms with E-state index < -0.39 is 11.9 Å². The molecule has 1 heterocycles. The molecule has 0 radical (unpaired) electrons. The Bertz CT molecular complexity index is 459. The molecule has 0 N–H and O–H groups in total. The van der Waals surface area contributed by atoms with Crippen LogP contribution in [0.5, 0.6) is 5.88 Å². The number of methoxy groups -OCH3 is 1. The van der Waals surface area contributed by atoms with Crippen molar-refractivity contribution < 1.29 is 14.3 Å². The smallest absolute Gasteiger partial charge is 0.331 e. The van der Waals surface area contributed by atoms with Crippen LogP contribution in [0.1, 0.15) is 18.7 Å². The highest BCUT2D eigenvalue weighted by atomic mass is 79.9. The molecule has 0 saturated carbocycles. The number of esters is 1. The number of hydrogen-bond acceptors (Lipinski definition) is 6. The van der Waals surface area contributed by atoms with Gasteiger partial charge in [0.25, 0.3) is 0 Å². The van der Waals surface area contributed by atoms with Crippen LogP contribution < -0.4 is 4.74 Å². The highest BCUT2D eigenvalue weighted by Crippen LogP contribution is 2.23. The highest BCUT2D eigenvalue weighted by Gasteiger charge is 2.25. The van der Waals surface area contributed by atoms with Gasteiger partial charge in [-0.25, -0.2) is 4.98 Å². The van der Waals surface area contributed by atoms with Gasteiger partial charge in [-0.05, 0) is 22.9 Å². The summed E-state index contributed by atoms with van der Waals surface area (Å²) in [5, 5.41) is 8.93. The van der Waals surface area contributed by atoms with Gasteiger partial charge in [-0.2, -0.15) is 10.2 Å². The maximum absolute atomic E-state index is 11.5. The zero-order valence-electron chi connectivity index (χ0n) is 9.31. The van der Waals surface area contributed by atoms with Crippen molar-refractivity contribution >= 4 is 21.9 Å². The van der Waals surface area contributed by atoms with Crippen molar-refractivity contribution in [2.75, 3.05) is 13.7 Å². The number of nitriles is 1. The SMILES string of the molecule is CCOC(=O)C(C#N)c1ncc(Br)c(OC)n1. The first kappa shape index (κ1) is 13.4. The second kappa shape index (κ2) is 6.15. The van der Waals surface area contributed by atoms with Crippen LogP contribution in [0, 0.1) is 11.3 Å². The Balaban J connectivity index is 3.05. The third-order valence-electron chi connectivity index (χ3n) is 1.83. The van der Waals surface area contributed by atoms with E-state index in [-0.39, 0.29) is 18.3 Å². The van der Waals surface area contributed by atoms with Crippen LogP contribution in [0.3, 0.4) is 0 Å². The van der Waals surface area contributed by atoms with Gasteiger partial charge in [0.1, 0.15) is 0 Å². The number of hydrogen-bond donors (Lipinski definition) is 0. The van der Waals surface area contributed by atoms with Crippen molar-refractivity contribution in [3.05, 3.63) is 16.5 Å². The van der Waals surface area contributed by atoms with Crippen LogP contribution in [0.15, 0.2) is 10.7 Å². The lowest BCUT2D eigenvalue weighted by molar-refractivity contribution is -0.143. The molecule has 1 aromatic rings. The molecular weight excluding hydrogens is 290 g/mol. The third kappa shape index (κ3) is 3.14. The van der Waals surface area contributed by atoms with E-state index in [4.69, 9.17) is 14.7 Å². The molecule has 17 heavy (non-hydrogen) atoms. The van der Waals surface area contributed by atoms with Gasteiger partial charge >= 0.3 is 5.97 Å². The maximum atomic E-state index is 11.5. The molecule has 0 bridgehead atoms. The number of nitrogens with zero attached hydrogens (tertiary/aromatic N) is 3. The zero-order valence-corrected chi connectivity index (χ0v) is 10.9. The molecule has 6 nitrogen and oxygen atoms in total. The van der Waals surface area contributed by atoms with Crippen molar-refractivity contribution in [2.24, 2.45) is 0 Å². The maximum Gasteiger partial charge on any atom is 0.331 e. The first-order valence-electron chi connectivity index (χ1n) is 4.76. The lowest BCUT2D eigenvalue weighted by atomic mass is 10.1. The second-order valence-corrected chi connectivity index (χ2v) is 3.75. The van der Waals surface area contributed by atoms with E-state index in [1.807, 2.05) is 0 Å². The van der Waals surface area contributed by atoms with Crippen molar-refractivity contribution in [3.8, 4) is 11.9 Å². The van der Waals surface area contributed by atoms with E-state index in [0.717, 1.165) is 0 Å². The normalized spacial score (nSPS) is 11.4. The van der Waals surface area contributed by atoms with Crippen molar-refractivity contribution in [1.82, 2.24) is 9.97 Å². The fraction of sp³-hybridized carbons (Fsp3) is 0.400. The van der Waals surface area contributed by atoms with Gasteiger partial charge < -0.3 is 9.47 Å². The van der Waals surface area contributed by atoms with Crippen LogP contribution in [0.25, 0.3) is 0 Å². The molecule has 1 rings (SSSR count). The van der Waals surface area contributed by atoms with Crippen LogP contribution in [-0.4, -0.2) is 29.7 Å². The number of halogens is 1. The molecule has 0 amide bonds. The van der Waals surface area contributed by atoms with Crippen molar-refractivity contribution in [2.45, 2.75) is 12.8 Å². The number of rotatable bonds is 4. The second-order valence-electron chi connectivity index (χ2n) is 2.90. The van der Waals surface area contributed by atoms with Gasteiger partial charge in [-0.3, -0.25) is 4.79 Å². The van der Waals surface area contributed by atoms with Crippen LogP contribution >= 0.6 is 15.9 Å². The predicted octanol–water partition coefficient (Wildman–Crippen LogP) is 1.42. The minimum atomic E-state index is -1.14. The summed E-state index contributed by atoms with van der Waals surface area (Å²) in [5.41, 5.74) is 0. The van der Waals surface area contributed by atoms with Crippen LogP contribution in [0.2, 0.25) is 0 Å². The largest absolute Gasteiger partial charge is 0.480 e. The first-order chi connectivity index (χ1) is 8.13. The topological polar surface area (TPSA) is 85.1 Å². The molecule has 0 fully saturated rings. The molecule has 90 valence electrons. The van der Waals surface area contributed by atoms with Gasteiger partial charge in [0.05, 0.1) is 24.3 Å². The van der Waals surface area contributed by atoms with Gasteiger partial charge in [0.2, 0.25) is 11.8 Å². The zero-order chi connectivity index (χ0) is 12.8. The molecule has 0 aliphatic carbocycles. The van der Waals surface area contributed by atoms with E-state index in [0.29, 0.717) is 4.47 Å². The monoisotopic (exact) mass is 299 g/mol. The van der Waals surface area contributed by atoms with Crippen molar-refractivity contribution in [3.63, 3.8) is 0 Å². The summed E-state index contributed by atoms with van der Waals surface area (Å²) in [7, 11) is 1.43. The van der Waals surface area contributed by atoms with Crippen LogP contribution in [0.4, 0.5) is 0 Å². The average Bonchev–Trinajstić information content (AvgIpc) is 2.32.